The average molecular weight is 1040 g/mol. The van der Waals surface area contributed by atoms with Crippen LogP contribution in [0.2, 0.25) is 0 Å². The molecule has 0 unspecified atom stereocenters. The minimum Gasteiger partial charge on any atom is -0.440 e. The molecule has 0 bridgehead atoms. The maximum Gasteiger partial charge on any atom is 0.262 e. The second kappa shape index (κ2) is 17.3. The zero-order valence-electron chi connectivity index (χ0n) is 44.7. The van der Waals surface area contributed by atoms with Crippen molar-refractivity contribution in [3.63, 3.8) is 0 Å². The first-order valence-electron chi connectivity index (χ1n) is 27.1. The van der Waals surface area contributed by atoms with Gasteiger partial charge in [0.15, 0.2) is 0 Å². The molecule has 2 aliphatic heterocycles. The molecule has 15 rings (SSSR count). The monoisotopic (exact) mass is 1040 g/mol. The summed E-state index contributed by atoms with van der Waals surface area (Å²) < 4.78 is 17.6. The average Bonchev–Trinajstić information content (AvgIpc) is 4.44. The molecule has 0 fully saturated rings. The number of hydrogen-bond donors (Lipinski definition) is 0. The van der Waals surface area contributed by atoms with E-state index in [1.807, 2.05) is 22.7 Å². The van der Waals surface area contributed by atoms with E-state index >= 15 is 0 Å². The van der Waals surface area contributed by atoms with Gasteiger partial charge in [-0.05, 0) is 146 Å². The Hall–Kier alpha value is -8.36. The van der Waals surface area contributed by atoms with Gasteiger partial charge in [0.25, 0.3) is 6.71 Å². The van der Waals surface area contributed by atoms with Gasteiger partial charge in [-0.2, -0.15) is 0 Å². The molecule has 4 nitrogen and oxygen atoms in total. The fraction of sp³-hybridized carbons (Fsp3) is 0.127. The molecule has 13 aromatic rings. The summed E-state index contributed by atoms with van der Waals surface area (Å²) in [4.78, 5) is 7.40. The Bertz CT molecular complexity index is 4210. The highest BCUT2D eigenvalue weighted by Gasteiger charge is 2.50. The first-order chi connectivity index (χ1) is 37.8. The number of fused-ring (bicyclic) bond motifs is 10. The smallest absolute Gasteiger partial charge is 0.262 e. The molecule has 0 spiro atoms. The molecule has 0 atom stereocenters. The Morgan fingerprint density at radius 3 is 1.23 bits per heavy atom. The van der Waals surface area contributed by atoms with Gasteiger partial charge >= 0.3 is 0 Å². The lowest BCUT2D eigenvalue weighted by atomic mass is 9.33. The lowest BCUT2D eigenvalue weighted by Gasteiger charge is -2.41. The van der Waals surface area contributed by atoms with E-state index in [-0.39, 0.29) is 17.5 Å². The molecule has 0 radical (unpaired) electrons. The van der Waals surface area contributed by atoms with E-state index in [1.165, 1.54) is 46.5 Å². The molecular weight excluding hydrogens is 988 g/mol. The number of thiophene rings is 2. The van der Waals surface area contributed by atoms with E-state index in [0.29, 0.717) is 0 Å². The molecule has 2 aliphatic rings. The number of hydrogen-bond acceptors (Lipinski definition) is 6. The van der Waals surface area contributed by atoms with Crippen molar-refractivity contribution in [3.8, 4) is 43.1 Å². The van der Waals surface area contributed by atoms with Crippen molar-refractivity contribution < 1.29 is 8.83 Å². The zero-order valence-corrected chi connectivity index (χ0v) is 46.4. The van der Waals surface area contributed by atoms with Crippen LogP contribution in [0.1, 0.15) is 58.2 Å². The number of furan rings is 2. The first kappa shape index (κ1) is 46.9. The molecule has 0 aliphatic carbocycles. The maximum atomic E-state index is 7.55. The summed E-state index contributed by atoms with van der Waals surface area (Å²) in [6, 6.07) is 76.5. The molecular formula is C71H55BN2O2S2. The van der Waals surface area contributed by atoms with Crippen molar-refractivity contribution in [3.05, 3.63) is 223 Å². The Morgan fingerprint density at radius 1 is 0.385 bits per heavy atom. The zero-order chi connectivity index (χ0) is 52.8. The minimum absolute atomic E-state index is 0.113. The van der Waals surface area contributed by atoms with Gasteiger partial charge in [0.05, 0.1) is 11.4 Å². The number of nitrogens with zero attached hydrogens (tertiary/aromatic N) is 2. The van der Waals surface area contributed by atoms with Gasteiger partial charge in [0.1, 0.15) is 11.2 Å². The van der Waals surface area contributed by atoms with Gasteiger partial charge in [0.2, 0.25) is 11.8 Å². The van der Waals surface area contributed by atoms with Crippen LogP contribution in [0, 0.1) is 6.92 Å². The largest absolute Gasteiger partial charge is 0.440 e. The summed E-state index contributed by atoms with van der Waals surface area (Å²) >= 11 is 3.68. The molecule has 376 valence electrons. The predicted molar refractivity (Wildman–Crippen MR) is 335 cm³/mol. The normalized spacial score (nSPS) is 13.2. The Morgan fingerprint density at radius 2 is 0.808 bits per heavy atom. The second-order valence-corrected chi connectivity index (χ2v) is 25.5. The standard InChI is InChI=1S/C71H55BN2O2S2/c1-42-34-57-67-58(35-42)74(56-37-48(27-31-52(56)44-20-12-9-13-21-44)64-39-46-23-15-17-25-62(46)78-64)69-66(54-41-50(71(5,6)7)29-33-60(54)76-69)72(67)65-53-40-49(70(2,3)4)28-32-59(53)75-68(65)73(57)55-36-47(26-30-51(55)43-18-10-8-11-19-43)63-38-45-22-14-16-24-61(45)77-63/h8-41H,1-7H3. The fourth-order valence-corrected chi connectivity index (χ4v) is 14.4. The van der Waals surface area contributed by atoms with Crippen LogP contribution in [-0.4, -0.2) is 6.71 Å². The van der Waals surface area contributed by atoms with E-state index in [9.17, 15) is 0 Å². The molecule has 9 aromatic carbocycles. The van der Waals surface area contributed by atoms with Crippen molar-refractivity contribution >= 4 is 122 Å². The van der Waals surface area contributed by atoms with Gasteiger partial charge in [-0.15, -0.1) is 22.7 Å². The minimum atomic E-state index is -0.266. The first-order valence-corrected chi connectivity index (χ1v) is 28.7. The molecule has 0 saturated carbocycles. The van der Waals surface area contributed by atoms with Crippen LogP contribution in [0.25, 0.3) is 85.2 Å². The van der Waals surface area contributed by atoms with Crippen LogP contribution in [0.15, 0.2) is 215 Å². The molecule has 6 heterocycles. The van der Waals surface area contributed by atoms with Crippen molar-refractivity contribution in [2.45, 2.75) is 59.3 Å². The third-order valence-electron chi connectivity index (χ3n) is 16.2. The fourth-order valence-electron chi connectivity index (χ4n) is 12.3. The van der Waals surface area contributed by atoms with Gasteiger partial charge in [-0.1, -0.05) is 175 Å². The van der Waals surface area contributed by atoms with Crippen LogP contribution in [0.3, 0.4) is 0 Å². The van der Waals surface area contributed by atoms with Gasteiger partial charge in [0, 0.05) is 63.4 Å². The van der Waals surface area contributed by atoms with Crippen LogP contribution >= 0.6 is 22.7 Å². The summed E-state index contributed by atoms with van der Waals surface area (Å²) in [5.74, 6) is 1.65. The van der Waals surface area contributed by atoms with Gasteiger partial charge in [-0.3, -0.25) is 9.80 Å². The highest BCUT2D eigenvalue weighted by Crippen LogP contribution is 2.53. The number of aryl methyl sites for hydroxylation is 1. The van der Waals surface area contributed by atoms with Gasteiger partial charge in [-0.25, -0.2) is 0 Å². The van der Waals surface area contributed by atoms with Crippen molar-refractivity contribution in [1.82, 2.24) is 0 Å². The summed E-state index contributed by atoms with van der Waals surface area (Å²) in [6.45, 7) is 15.8. The summed E-state index contributed by atoms with van der Waals surface area (Å²) in [5.41, 5.74) is 19.8. The van der Waals surface area contributed by atoms with Crippen molar-refractivity contribution in [2.24, 2.45) is 0 Å². The summed E-state index contributed by atoms with van der Waals surface area (Å²) in [7, 11) is 0. The SMILES string of the molecule is Cc1cc2c3c(c1)N(c1cc(-c4cc5ccccc5s4)ccc1-c1ccccc1)c1oc4ccc(C(C)(C)C)cc4c1B3c1c(oc3ccc(C(C)(C)C)cc13)N2c1cc(-c2cc3ccccc3s2)ccc1-c1ccccc1. The number of anilines is 6. The lowest BCUT2D eigenvalue weighted by molar-refractivity contribution is 0.589. The molecule has 0 amide bonds. The van der Waals surface area contributed by atoms with E-state index in [2.05, 4.69) is 265 Å². The van der Waals surface area contributed by atoms with E-state index in [0.717, 1.165) is 106 Å². The van der Waals surface area contributed by atoms with Crippen LogP contribution < -0.4 is 26.2 Å². The van der Waals surface area contributed by atoms with E-state index in [1.54, 1.807) is 0 Å². The maximum absolute atomic E-state index is 7.55. The Labute approximate surface area is 463 Å². The summed E-state index contributed by atoms with van der Waals surface area (Å²) in [6.07, 6.45) is 0. The number of rotatable bonds is 6. The topological polar surface area (TPSA) is 32.8 Å². The van der Waals surface area contributed by atoms with E-state index < -0.39 is 0 Å². The third kappa shape index (κ3) is 7.39. The van der Waals surface area contributed by atoms with Crippen LogP contribution in [-0.2, 0) is 10.8 Å². The molecule has 4 aromatic heterocycles. The van der Waals surface area contributed by atoms with Gasteiger partial charge < -0.3 is 8.83 Å². The van der Waals surface area contributed by atoms with Crippen LogP contribution in [0.4, 0.5) is 34.5 Å². The highest BCUT2D eigenvalue weighted by atomic mass is 32.1. The molecule has 78 heavy (non-hydrogen) atoms. The van der Waals surface area contributed by atoms with E-state index in [4.69, 9.17) is 8.83 Å². The lowest BCUT2D eigenvalue weighted by Crippen LogP contribution is -2.61. The summed E-state index contributed by atoms with van der Waals surface area (Å²) in [5, 5.41) is 4.73. The second-order valence-electron chi connectivity index (χ2n) is 23.4. The van der Waals surface area contributed by atoms with Crippen molar-refractivity contribution in [1.29, 1.82) is 0 Å². The van der Waals surface area contributed by atoms with Crippen LogP contribution in [0.5, 0.6) is 0 Å². The number of benzene rings is 9. The molecule has 7 heteroatoms. The Kier molecular flexibility index (Phi) is 10.4. The molecule has 0 N–H and O–H groups in total. The van der Waals surface area contributed by atoms with Crippen molar-refractivity contribution in [2.75, 3.05) is 9.80 Å². The third-order valence-corrected chi connectivity index (χ3v) is 18.6. The Balaban J connectivity index is 1.09. The molecule has 0 saturated heterocycles. The quantitative estimate of drug-likeness (QED) is 0.155. The highest BCUT2D eigenvalue weighted by molar-refractivity contribution is 7.22. The predicted octanol–water partition coefficient (Wildman–Crippen LogP) is 19.3.